The van der Waals surface area contributed by atoms with Crippen molar-refractivity contribution >= 4 is 17.2 Å². The molecule has 0 aliphatic carbocycles. The monoisotopic (exact) mass is 292 g/mol. The Morgan fingerprint density at radius 1 is 1.55 bits per heavy atom. The molecule has 1 aliphatic rings. The minimum atomic E-state index is -0.00832. The van der Waals surface area contributed by atoms with Gasteiger partial charge in [-0.3, -0.25) is 4.79 Å². The first-order chi connectivity index (χ1) is 9.69. The third-order valence-electron chi connectivity index (χ3n) is 3.36. The molecule has 20 heavy (non-hydrogen) atoms. The van der Waals surface area contributed by atoms with E-state index in [4.69, 9.17) is 5.11 Å². The van der Waals surface area contributed by atoms with Gasteiger partial charge < -0.3 is 15.3 Å². The summed E-state index contributed by atoms with van der Waals surface area (Å²) in [6.07, 6.45) is 2.49. The predicted molar refractivity (Wildman–Crippen MR) is 80.9 cm³/mol. The summed E-state index contributed by atoms with van der Waals surface area (Å²) < 4.78 is 0. The van der Waals surface area contributed by atoms with E-state index in [9.17, 15) is 4.79 Å². The van der Waals surface area contributed by atoms with Gasteiger partial charge in [-0.15, -0.1) is 11.3 Å². The summed E-state index contributed by atoms with van der Waals surface area (Å²) in [4.78, 5) is 15.3. The summed E-state index contributed by atoms with van der Waals surface area (Å²) in [6, 6.07) is 2.10. The molecule has 0 saturated carbocycles. The van der Waals surface area contributed by atoms with Gasteiger partial charge in [0.1, 0.15) is 0 Å². The standard InChI is InChI=1S/C15H20N2O2S/c1-17-7-5-13(6-8-17)16-15(19)12-10-14(20-11-12)4-2-3-9-18/h10-11,13,18H,3,5-9H2,1H3,(H,16,19). The first-order valence-electron chi connectivity index (χ1n) is 6.86. The van der Waals surface area contributed by atoms with Crippen molar-refractivity contribution in [3.05, 3.63) is 21.9 Å². The number of hydrogen-bond donors (Lipinski definition) is 2. The molecule has 0 unspecified atom stereocenters. The summed E-state index contributed by atoms with van der Waals surface area (Å²) in [6.45, 7) is 2.14. The van der Waals surface area contributed by atoms with E-state index in [0.717, 1.165) is 30.8 Å². The van der Waals surface area contributed by atoms with Gasteiger partial charge in [0, 0.05) is 17.8 Å². The Kier molecular flexibility index (Phi) is 5.60. The van der Waals surface area contributed by atoms with Crippen LogP contribution in [0.5, 0.6) is 0 Å². The number of carbonyl (C=O) groups excluding carboxylic acids is 1. The van der Waals surface area contributed by atoms with Crippen LogP contribution >= 0.6 is 11.3 Å². The molecule has 2 N–H and O–H groups in total. The van der Waals surface area contributed by atoms with E-state index in [1.807, 2.05) is 11.4 Å². The average Bonchev–Trinajstić information content (AvgIpc) is 2.91. The molecule has 2 heterocycles. The van der Waals surface area contributed by atoms with Crippen LogP contribution in [0.15, 0.2) is 11.4 Å². The minimum absolute atomic E-state index is 0.00832. The highest BCUT2D eigenvalue weighted by atomic mass is 32.1. The smallest absolute Gasteiger partial charge is 0.252 e. The van der Waals surface area contributed by atoms with E-state index >= 15 is 0 Å². The van der Waals surface area contributed by atoms with Crippen molar-refractivity contribution in [2.75, 3.05) is 26.7 Å². The second-order valence-corrected chi connectivity index (χ2v) is 5.94. The first kappa shape index (κ1) is 15.0. The Morgan fingerprint density at radius 3 is 3.00 bits per heavy atom. The maximum Gasteiger partial charge on any atom is 0.252 e. The minimum Gasteiger partial charge on any atom is -0.395 e. The lowest BCUT2D eigenvalue weighted by Gasteiger charge is -2.29. The molecule has 0 radical (unpaired) electrons. The highest BCUT2D eigenvalue weighted by Gasteiger charge is 2.19. The zero-order valence-electron chi connectivity index (χ0n) is 11.7. The maximum atomic E-state index is 12.1. The summed E-state index contributed by atoms with van der Waals surface area (Å²) in [7, 11) is 2.11. The summed E-state index contributed by atoms with van der Waals surface area (Å²) in [5, 5.41) is 13.6. The zero-order valence-corrected chi connectivity index (χ0v) is 12.5. The average molecular weight is 292 g/mol. The second-order valence-electron chi connectivity index (χ2n) is 5.03. The van der Waals surface area contributed by atoms with E-state index in [-0.39, 0.29) is 18.6 Å². The molecule has 0 spiro atoms. The van der Waals surface area contributed by atoms with E-state index < -0.39 is 0 Å². The van der Waals surface area contributed by atoms with Gasteiger partial charge >= 0.3 is 0 Å². The van der Waals surface area contributed by atoms with Crippen molar-refractivity contribution in [3.8, 4) is 11.8 Å². The van der Waals surface area contributed by atoms with E-state index in [0.29, 0.717) is 12.0 Å². The predicted octanol–water partition coefficient (Wildman–Crippen LogP) is 1.31. The molecule has 5 heteroatoms. The van der Waals surface area contributed by atoms with E-state index in [1.165, 1.54) is 11.3 Å². The number of piperidine rings is 1. The van der Waals surface area contributed by atoms with E-state index in [2.05, 4.69) is 29.1 Å². The molecule has 108 valence electrons. The number of nitrogens with zero attached hydrogens (tertiary/aromatic N) is 1. The SMILES string of the molecule is CN1CCC(NC(=O)c2csc(C#CCCO)c2)CC1. The molecule has 2 rings (SSSR count). The fourth-order valence-electron chi connectivity index (χ4n) is 2.15. The van der Waals surface area contributed by atoms with Crippen LogP contribution in [0.3, 0.4) is 0 Å². The van der Waals surface area contributed by atoms with Gasteiger partial charge in [0.25, 0.3) is 5.91 Å². The van der Waals surface area contributed by atoms with Crippen LogP contribution in [0.2, 0.25) is 0 Å². The molecule has 1 amide bonds. The number of aliphatic hydroxyl groups is 1. The van der Waals surface area contributed by atoms with Crippen molar-refractivity contribution in [2.45, 2.75) is 25.3 Å². The number of rotatable bonds is 3. The van der Waals surface area contributed by atoms with Crippen molar-refractivity contribution in [3.63, 3.8) is 0 Å². The fraction of sp³-hybridized carbons (Fsp3) is 0.533. The number of nitrogens with one attached hydrogen (secondary N) is 1. The molecular weight excluding hydrogens is 272 g/mol. The van der Waals surface area contributed by atoms with Crippen molar-refractivity contribution < 1.29 is 9.90 Å². The van der Waals surface area contributed by atoms with Crippen LogP contribution in [-0.4, -0.2) is 48.7 Å². The molecule has 0 bridgehead atoms. The van der Waals surface area contributed by atoms with Crippen LogP contribution in [0, 0.1) is 11.8 Å². The molecule has 1 fully saturated rings. The Morgan fingerprint density at radius 2 is 2.30 bits per heavy atom. The van der Waals surface area contributed by atoms with Gasteiger partial charge in [0.05, 0.1) is 17.0 Å². The quantitative estimate of drug-likeness (QED) is 0.826. The number of hydrogen-bond acceptors (Lipinski definition) is 4. The molecule has 1 saturated heterocycles. The Hall–Kier alpha value is -1.35. The second kappa shape index (κ2) is 7.44. The van der Waals surface area contributed by atoms with Gasteiger partial charge in [-0.2, -0.15) is 0 Å². The molecule has 4 nitrogen and oxygen atoms in total. The third-order valence-corrected chi connectivity index (χ3v) is 4.21. The largest absolute Gasteiger partial charge is 0.395 e. The number of thiophene rings is 1. The van der Waals surface area contributed by atoms with Crippen LogP contribution in [0.1, 0.15) is 34.5 Å². The van der Waals surface area contributed by atoms with Gasteiger partial charge in [-0.1, -0.05) is 11.8 Å². The summed E-state index contributed by atoms with van der Waals surface area (Å²) in [5.41, 5.74) is 0.683. The highest BCUT2D eigenvalue weighted by molar-refractivity contribution is 7.10. The van der Waals surface area contributed by atoms with Crippen LogP contribution in [0.4, 0.5) is 0 Å². The Bertz CT molecular complexity index is 507. The molecule has 0 aromatic carbocycles. The van der Waals surface area contributed by atoms with Crippen molar-refractivity contribution in [2.24, 2.45) is 0 Å². The number of amides is 1. The van der Waals surface area contributed by atoms with Gasteiger partial charge in [0.2, 0.25) is 0 Å². The highest BCUT2D eigenvalue weighted by Crippen LogP contribution is 2.15. The third kappa shape index (κ3) is 4.34. The number of carbonyl (C=O) groups is 1. The van der Waals surface area contributed by atoms with Gasteiger partial charge in [-0.05, 0) is 39.0 Å². The molecular formula is C15H20N2O2S. The number of aliphatic hydroxyl groups excluding tert-OH is 1. The number of likely N-dealkylation sites (tertiary alicyclic amines) is 1. The van der Waals surface area contributed by atoms with Gasteiger partial charge in [0.15, 0.2) is 0 Å². The summed E-state index contributed by atoms with van der Waals surface area (Å²) >= 11 is 1.47. The van der Waals surface area contributed by atoms with E-state index in [1.54, 1.807) is 0 Å². The van der Waals surface area contributed by atoms with Crippen molar-refractivity contribution in [1.82, 2.24) is 10.2 Å². The molecule has 1 aromatic rings. The summed E-state index contributed by atoms with van der Waals surface area (Å²) in [5.74, 6) is 5.81. The van der Waals surface area contributed by atoms with Crippen LogP contribution in [-0.2, 0) is 0 Å². The lowest BCUT2D eigenvalue weighted by Crippen LogP contribution is -2.43. The van der Waals surface area contributed by atoms with Crippen LogP contribution in [0.25, 0.3) is 0 Å². The van der Waals surface area contributed by atoms with Gasteiger partial charge in [-0.25, -0.2) is 0 Å². The zero-order chi connectivity index (χ0) is 14.4. The molecule has 1 aromatic heterocycles. The fourth-order valence-corrected chi connectivity index (χ4v) is 2.90. The lowest BCUT2D eigenvalue weighted by molar-refractivity contribution is 0.0917. The lowest BCUT2D eigenvalue weighted by atomic mass is 10.1. The van der Waals surface area contributed by atoms with Crippen molar-refractivity contribution in [1.29, 1.82) is 0 Å². The van der Waals surface area contributed by atoms with Crippen LogP contribution < -0.4 is 5.32 Å². The Balaban J connectivity index is 1.88. The topological polar surface area (TPSA) is 52.6 Å². The normalized spacial score (nSPS) is 16.5. The molecule has 0 atom stereocenters. The maximum absolute atomic E-state index is 12.1. The Labute approximate surface area is 123 Å². The first-order valence-corrected chi connectivity index (χ1v) is 7.74. The molecule has 1 aliphatic heterocycles.